The van der Waals surface area contributed by atoms with Crippen molar-refractivity contribution >= 4 is 56.6 Å². The van der Waals surface area contributed by atoms with E-state index in [-0.39, 0.29) is 29.7 Å². The first-order valence-electron chi connectivity index (χ1n) is 9.88. The SMILES string of the molecule is CCOC(=O)COc1c(C(=O)OC)sc(-c2cccc(N(C(C)=O)c3ccccn3)c2)c1Br. The van der Waals surface area contributed by atoms with Crippen LogP contribution in [-0.4, -0.2) is 43.2 Å². The Morgan fingerprint density at radius 2 is 1.94 bits per heavy atom. The maximum Gasteiger partial charge on any atom is 0.351 e. The van der Waals surface area contributed by atoms with Crippen LogP contribution < -0.4 is 9.64 Å². The largest absolute Gasteiger partial charge is 0.479 e. The number of anilines is 2. The molecule has 1 amide bonds. The molecule has 0 aliphatic heterocycles. The van der Waals surface area contributed by atoms with E-state index in [0.29, 0.717) is 20.9 Å². The Morgan fingerprint density at radius 1 is 1.15 bits per heavy atom. The molecule has 0 atom stereocenters. The quantitative estimate of drug-likeness (QED) is 0.377. The van der Waals surface area contributed by atoms with Crippen molar-refractivity contribution < 1.29 is 28.6 Å². The second-order valence-corrected chi connectivity index (χ2v) is 8.40. The van der Waals surface area contributed by atoms with Gasteiger partial charge in [-0.2, -0.15) is 0 Å². The van der Waals surface area contributed by atoms with Crippen LogP contribution in [0.25, 0.3) is 10.4 Å². The number of ether oxygens (including phenoxy) is 3. The van der Waals surface area contributed by atoms with Gasteiger partial charge in [0.25, 0.3) is 0 Å². The summed E-state index contributed by atoms with van der Waals surface area (Å²) in [4.78, 5) is 43.2. The summed E-state index contributed by atoms with van der Waals surface area (Å²) in [7, 11) is 1.27. The van der Waals surface area contributed by atoms with E-state index in [9.17, 15) is 14.4 Å². The van der Waals surface area contributed by atoms with Crippen LogP contribution in [0, 0.1) is 0 Å². The van der Waals surface area contributed by atoms with Gasteiger partial charge in [0, 0.05) is 13.1 Å². The van der Waals surface area contributed by atoms with Gasteiger partial charge in [0.05, 0.1) is 28.8 Å². The van der Waals surface area contributed by atoms with Crippen molar-refractivity contribution in [3.63, 3.8) is 0 Å². The molecular formula is C23H21BrN2O6S. The highest BCUT2D eigenvalue weighted by atomic mass is 79.9. The van der Waals surface area contributed by atoms with Crippen LogP contribution in [0.3, 0.4) is 0 Å². The van der Waals surface area contributed by atoms with E-state index in [1.807, 2.05) is 12.1 Å². The summed E-state index contributed by atoms with van der Waals surface area (Å²) in [5, 5.41) is 0. The average Bonchev–Trinajstić information content (AvgIpc) is 3.14. The number of methoxy groups -OCH3 is 1. The molecule has 0 unspecified atom stereocenters. The molecule has 0 saturated carbocycles. The zero-order chi connectivity index (χ0) is 24.0. The number of benzene rings is 1. The van der Waals surface area contributed by atoms with E-state index in [0.717, 1.165) is 16.9 Å². The van der Waals surface area contributed by atoms with E-state index in [2.05, 4.69) is 20.9 Å². The van der Waals surface area contributed by atoms with E-state index in [1.54, 1.807) is 43.5 Å². The van der Waals surface area contributed by atoms with E-state index >= 15 is 0 Å². The molecule has 0 aliphatic carbocycles. The van der Waals surface area contributed by atoms with Crippen LogP contribution in [-0.2, 0) is 19.1 Å². The minimum Gasteiger partial charge on any atom is -0.479 e. The lowest BCUT2D eigenvalue weighted by molar-refractivity contribution is -0.145. The number of rotatable bonds is 8. The summed E-state index contributed by atoms with van der Waals surface area (Å²) in [6, 6.07) is 12.6. The van der Waals surface area contributed by atoms with Crippen molar-refractivity contribution in [3.05, 3.63) is 58.0 Å². The third-order valence-electron chi connectivity index (χ3n) is 4.38. The molecule has 0 aliphatic rings. The molecule has 10 heteroatoms. The lowest BCUT2D eigenvalue weighted by atomic mass is 10.1. The molecule has 1 aromatic carbocycles. The molecule has 33 heavy (non-hydrogen) atoms. The number of carbonyl (C=O) groups excluding carboxylic acids is 3. The Hall–Kier alpha value is -3.24. The number of thiophene rings is 1. The van der Waals surface area contributed by atoms with Crippen LogP contribution in [0.1, 0.15) is 23.5 Å². The van der Waals surface area contributed by atoms with Crippen molar-refractivity contribution in [2.24, 2.45) is 0 Å². The fourth-order valence-corrected chi connectivity index (χ4v) is 4.99. The lowest BCUT2D eigenvalue weighted by Crippen LogP contribution is -2.23. The number of hydrogen-bond acceptors (Lipinski definition) is 8. The van der Waals surface area contributed by atoms with Gasteiger partial charge in [0.1, 0.15) is 5.82 Å². The zero-order valence-electron chi connectivity index (χ0n) is 18.2. The maximum absolute atomic E-state index is 12.4. The summed E-state index contributed by atoms with van der Waals surface area (Å²) in [6.45, 7) is 3.01. The first-order chi connectivity index (χ1) is 15.9. The van der Waals surface area contributed by atoms with Gasteiger partial charge in [-0.25, -0.2) is 14.6 Å². The van der Waals surface area contributed by atoms with Crippen molar-refractivity contribution in [1.82, 2.24) is 4.98 Å². The first kappa shape index (κ1) is 24.4. The molecule has 0 bridgehead atoms. The fourth-order valence-electron chi connectivity index (χ4n) is 3.02. The molecule has 0 saturated heterocycles. The zero-order valence-corrected chi connectivity index (χ0v) is 20.6. The van der Waals surface area contributed by atoms with Gasteiger partial charge < -0.3 is 14.2 Å². The number of halogens is 1. The average molecular weight is 533 g/mol. The number of amides is 1. The number of carbonyl (C=O) groups is 3. The van der Waals surface area contributed by atoms with Crippen molar-refractivity contribution in [2.45, 2.75) is 13.8 Å². The molecular weight excluding hydrogens is 512 g/mol. The number of hydrogen-bond donors (Lipinski definition) is 0. The normalized spacial score (nSPS) is 10.4. The Bertz CT molecular complexity index is 1170. The second-order valence-electron chi connectivity index (χ2n) is 6.58. The summed E-state index contributed by atoms with van der Waals surface area (Å²) in [5.74, 6) is -0.678. The molecule has 2 aromatic heterocycles. The van der Waals surface area contributed by atoms with Crippen LogP contribution in [0.4, 0.5) is 11.5 Å². The van der Waals surface area contributed by atoms with Crippen molar-refractivity contribution in [3.8, 4) is 16.2 Å². The lowest BCUT2D eigenvalue weighted by Gasteiger charge is -2.20. The molecule has 172 valence electrons. The number of aromatic nitrogens is 1. The molecule has 8 nitrogen and oxygen atoms in total. The van der Waals surface area contributed by atoms with Crippen molar-refractivity contribution in [1.29, 1.82) is 0 Å². The van der Waals surface area contributed by atoms with Gasteiger partial charge >= 0.3 is 11.9 Å². The van der Waals surface area contributed by atoms with Gasteiger partial charge in [-0.3, -0.25) is 9.69 Å². The monoisotopic (exact) mass is 532 g/mol. The highest BCUT2D eigenvalue weighted by Crippen LogP contribution is 2.46. The van der Waals surface area contributed by atoms with Crippen LogP contribution in [0.2, 0.25) is 0 Å². The number of nitrogens with zero attached hydrogens (tertiary/aromatic N) is 2. The molecule has 0 fully saturated rings. The van der Waals surface area contributed by atoms with Crippen LogP contribution in [0.15, 0.2) is 53.1 Å². The van der Waals surface area contributed by atoms with Gasteiger partial charge in [0.15, 0.2) is 17.2 Å². The second kappa shape index (κ2) is 11.1. The topological polar surface area (TPSA) is 95.0 Å². The van der Waals surface area contributed by atoms with Gasteiger partial charge in [-0.15, -0.1) is 11.3 Å². The smallest absolute Gasteiger partial charge is 0.351 e. The summed E-state index contributed by atoms with van der Waals surface area (Å²) in [5.41, 5.74) is 1.33. The Labute approximate surface area is 203 Å². The molecule has 3 rings (SSSR count). The molecule has 0 N–H and O–H groups in total. The predicted octanol–water partition coefficient (Wildman–Crippen LogP) is 4.99. The standard InChI is InChI=1S/C23H21BrN2O6S/c1-4-31-18(28)13-32-20-19(24)21(33-22(20)23(29)30-3)15-8-7-9-16(12-15)26(14(2)27)17-10-5-6-11-25-17/h5-12H,4,13H2,1-3H3. The van der Waals surface area contributed by atoms with Gasteiger partial charge in [-0.05, 0) is 52.7 Å². The maximum atomic E-state index is 12.4. The van der Waals surface area contributed by atoms with Gasteiger partial charge in [0.2, 0.25) is 5.91 Å². The minimum atomic E-state index is -0.596. The Kier molecular flexibility index (Phi) is 8.18. The third-order valence-corrected chi connectivity index (χ3v) is 6.60. The van der Waals surface area contributed by atoms with E-state index in [4.69, 9.17) is 14.2 Å². The first-order valence-corrected chi connectivity index (χ1v) is 11.5. The Balaban J connectivity index is 2.03. The number of pyridine rings is 1. The third kappa shape index (κ3) is 5.58. The minimum absolute atomic E-state index is 0.188. The molecule has 2 heterocycles. The highest BCUT2D eigenvalue weighted by molar-refractivity contribution is 9.10. The predicted molar refractivity (Wildman–Crippen MR) is 128 cm³/mol. The summed E-state index contributed by atoms with van der Waals surface area (Å²) >= 11 is 4.64. The van der Waals surface area contributed by atoms with E-state index in [1.165, 1.54) is 18.9 Å². The van der Waals surface area contributed by atoms with E-state index < -0.39 is 11.9 Å². The fraction of sp³-hybridized carbons (Fsp3) is 0.217. The molecule has 0 spiro atoms. The van der Waals surface area contributed by atoms with Crippen LogP contribution in [0.5, 0.6) is 5.75 Å². The molecule has 0 radical (unpaired) electrons. The van der Waals surface area contributed by atoms with Crippen molar-refractivity contribution in [2.75, 3.05) is 25.2 Å². The summed E-state index contributed by atoms with van der Waals surface area (Å²) < 4.78 is 15.9. The molecule has 3 aromatic rings. The highest BCUT2D eigenvalue weighted by Gasteiger charge is 2.26. The Morgan fingerprint density at radius 3 is 2.58 bits per heavy atom. The van der Waals surface area contributed by atoms with Crippen LogP contribution >= 0.6 is 27.3 Å². The summed E-state index contributed by atoms with van der Waals surface area (Å²) in [6.07, 6.45) is 1.61. The number of esters is 2. The van der Waals surface area contributed by atoms with Gasteiger partial charge in [-0.1, -0.05) is 18.2 Å².